The van der Waals surface area contributed by atoms with Crippen molar-refractivity contribution in [3.63, 3.8) is 0 Å². The Morgan fingerprint density at radius 3 is 2.62 bits per heavy atom. The molecule has 1 N–H and O–H groups in total. The minimum atomic E-state index is 0.391. The molecular formula is C20H25N. The molecule has 0 fully saturated rings. The highest BCUT2D eigenvalue weighted by Gasteiger charge is 2.20. The molecule has 0 radical (unpaired) electrons. The van der Waals surface area contributed by atoms with Crippen LogP contribution in [0, 0.1) is 6.92 Å². The van der Waals surface area contributed by atoms with E-state index in [1.54, 1.807) is 0 Å². The van der Waals surface area contributed by atoms with E-state index >= 15 is 0 Å². The van der Waals surface area contributed by atoms with Gasteiger partial charge in [-0.3, -0.25) is 0 Å². The van der Waals surface area contributed by atoms with E-state index < -0.39 is 0 Å². The maximum atomic E-state index is 3.87. The third-order valence-corrected chi connectivity index (χ3v) is 4.73. The van der Waals surface area contributed by atoms with Crippen molar-refractivity contribution in [3.8, 4) is 0 Å². The third-order valence-electron chi connectivity index (χ3n) is 4.73. The van der Waals surface area contributed by atoms with Gasteiger partial charge in [0, 0.05) is 12.1 Å². The van der Waals surface area contributed by atoms with Crippen LogP contribution in [0.4, 0.5) is 0 Å². The van der Waals surface area contributed by atoms with Gasteiger partial charge in [0.2, 0.25) is 0 Å². The van der Waals surface area contributed by atoms with Gasteiger partial charge in [-0.1, -0.05) is 55.0 Å². The first-order valence-corrected chi connectivity index (χ1v) is 8.15. The monoisotopic (exact) mass is 279 g/mol. The number of benzene rings is 2. The van der Waals surface area contributed by atoms with Crippen LogP contribution in [-0.4, -0.2) is 0 Å². The molecule has 1 unspecified atom stereocenters. The van der Waals surface area contributed by atoms with Crippen molar-refractivity contribution in [1.29, 1.82) is 0 Å². The Balaban J connectivity index is 1.83. The van der Waals surface area contributed by atoms with Crippen molar-refractivity contribution in [2.45, 2.75) is 51.6 Å². The zero-order valence-electron chi connectivity index (χ0n) is 13.1. The van der Waals surface area contributed by atoms with Gasteiger partial charge in [0.15, 0.2) is 0 Å². The summed E-state index contributed by atoms with van der Waals surface area (Å²) in [6, 6.07) is 18.5. The second-order valence-corrected chi connectivity index (χ2v) is 6.24. The van der Waals surface area contributed by atoms with Crippen molar-refractivity contribution >= 4 is 0 Å². The molecule has 2 atom stereocenters. The standard InChI is InChI=1S/C20H25N/c1-15-9-3-6-12-18(15)16(2)21-20-14-8-5-11-17-10-4-7-13-19(17)20/h3-4,6-7,9-10,12-13,16,20-21H,5,8,11,14H2,1-2H3/t16-,20?/m0/s1. The Kier molecular flexibility index (Phi) is 4.40. The summed E-state index contributed by atoms with van der Waals surface area (Å²) in [7, 11) is 0. The smallest absolute Gasteiger partial charge is 0.0328 e. The lowest BCUT2D eigenvalue weighted by Gasteiger charge is -2.25. The minimum Gasteiger partial charge on any atom is -0.303 e. The molecule has 3 rings (SSSR count). The van der Waals surface area contributed by atoms with E-state index in [1.165, 1.54) is 47.9 Å². The Hall–Kier alpha value is -1.60. The molecule has 0 heterocycles. The number of fused-ring (bicyclic) bond motifs is 1. The summed E-state index contributed by atoms with van der Waals surface area (Å²) < 4.78 is 0. The van der Waals surface area contributed by atoms with E-state index in [0.29, 0.717) is 12.1 Å². The van der Waals surface area contributed by atoms with Crippen molar-refractivity contribution in [2.24, 2.45) is 0 Å². The van der Waals surface area contributed by atoms with Gasteiger partial charge >= 0.3 is 0 Å². The van der Waals surface area contributed by atoms with Gasteiger partial charge in [0.05, 0.1) is 0 Å². The number of aryl methyl sites for hydroxylation is 2. The van der Waals surface area contributed by atoms with E-state index in [9.17, 15) is 0 Å². The van der Waals surface area contributed by atoms with Crippen LogP contribution in [0.1, 0.15) is 60.5 Å². The molecule has 0 spiro atoms. The van der Waals surface area contributed by atoms with Gasteiger partial charge < -0.3 is 5.32 Å². The van der Waals surface area contributed by atoms with Crippen LogP contribution in [0.15, 0.2) is 48.5 Å². The minimum absolute atomic E-state index is 0.391. The molecule has 0 aromatic heterocycles. The van der Waals surface area contributed by atoms with Gasteiger partial charge in [0.1, 0.15) is 0 Å². The highest BCUT2D eigenvalue weighted by Crippen LogP contribution is 2.31. The Bertz CT molecular complexity index is 602. The summed E-state index contributed by atoms with van der Waals surface area (Å²) in [5.74, 6) is 0. The number of rotatable bonds is 3. The van der Waals surface area contributed by atoms with E-state index in [0.717, 1.165) is 0 Å². The zero-order chi connectivity index (χ0) is 14.7. The number of hydrogen-bond acceptors (Lipinski definition) is 1. The van der Waals surface area contributed by atoms with Crippen LogP contribution < -0.4 is 5.32 Å². The van der Waals surface area contributed by atoms with Crippen LogP contribution in [0.25, 0.3) is 0 Å². The Morgan fingerprint density at radius 1 is 1.00 bits per heavy atom. The maximum absolute atomic E-state index is 3.87. The van der Waals surface area contributed by atoms with Crippen LogP contribution in [0.2, 0.25) is 0 Å². The van der Waals surface area contributed by atoms with E-state index in [1.807, 2.05) is 0 Å². The first kappa shape index (κ1) is 14.3. The third kappa shape index (κ3) is 3.19. The van der Waals surface area contributed by atoms with Crippen molar-refractivity contribution in [1.82, 2.24) is 5.32 Å². The molecule has 0 saturated heterocycles. The molecule has 1 heteroatoms. The van der Waals surface area contributed by atoms with E-state index in [2.05, 4.69) is 67.7 Å². The number of hydrogen-bond donors (Lipinski definition) is 1. The van der Waals surface area contributed by atoms with Gasteiger partial charge in [-0.25, -0.2) is 0 Å². The molecule has 1 nitrogen and oxygen atoms in total. The van der Waals surface area contributed by atoms with Gasteiger partial charge in [-0.15, -0.1) is 0 Å². The summed E-state index contributed by atoms with van der Waals surface area (Å²) in [5.41, 5.74) is 5.83. The first-order valence-electron chi connectivity index (χ1n) is 8.15. The fourth-order valence-electron chi connectivity index (χ4n) is 3.56. The van der Waals surface area contributed by atoms with Gasteiger partial charge in [-0.2, -0.15) is 0 Å². The molecule has 0 saturated carbocycles. The summed E-state index contributed by atoms with van der Waals surface area (Å²) >= 11 is 0. The molecule has 110 valence electrons. The highest BCUT2D eigenvalue weighted by molar-refractivity contribution is 5.33. The molecule has 1 aliphatic carbocycles. The molecule has 1 aliphatic rings. The second-order valence-electron chi connectivity index (χ2n) is 6.24. The van der Waals surface area contributed by atoms with E-state index in [-0.39, 0.29) is 0 Å². The lowest BCUT2D eigenvalue weighted by molar-refractivity contribution is 0.436. The molecule has 0 aliphatic heterocycles. The van der Waals surface area contributed by atoms with Crippen LogP contribution in [-0.2, 0) is 6.42 Å². The molecule has 2 aromatic carbocycles. The summed E-state index contributed by atoms with van der Waals surface area (Å²) in [5, 5.41) is 3.87. The second kappa shape index (κ2) is 6.44. The SMILES string of the molecule is Cc1ccccc1[C@H](C)NC1CCCCc2ccccc21. The predicted octanol–water partition coefficient (Wildman–Crippen LogP) is 5.11. The number of nitrogens with one attached hydrogen (secondary N) is 1. The average molecular weight is 279 g/mol. The normalized spacial score (nSPS) is 19.6. The molecule has 21 heavy (non-hydrogen) atoms. The quantitative estimate of drug-likeness (QED) is 0.769. The predicted molar refractivity (Wildman–Crippen MR) is 89.5 cm³/mol. The topological polar surface area (TPSA) is 12.0 Å². The maximum Gasteiger partial charge on any atom is 0.0328 e. The summed E-state index contributed by atoms with van der Waals surface area (Å²) in [6.07, 6.45) is 5.10. The zero-order valence-corrected chi connectivity index (χ0v) is 13.1. The van der Waals surface area contributed by atoms with Crippen LogP contribution in [0.5, 0.6) is 0 Å². The largest absolute Gasteiger partial charge is 0.303 e. The van der Waals surface area contributed by atoms with E-state index in [4.69, 9.17) is 0 Å². The molecule has 0 bridgehead atoms. The van der Waals surface area contributed by atoms with Crippen LogP contribution >= 0.6 is 0 Å². The Labute approximate surface area is 128 Å². The average Bonchev–Trinajstić information content (AvgIpc) is 2.70. The fraction of sp³-hybridized carbons (Fsp3) is 0.400. The highest BCUT2D eigenvalue weighted by atomic mass is 14.9. The lowest BCUT2D eigenvalue weighted by atomic mass is 9.96. The van der Waals surface area contributed by atoms with Gasteiger partial charge in [-0.05, 0) is 55.4 Å². The van der Waals surface area contributed by atoms with Crippen molar-refractivity contribution in [2.75, 3.05) is 0 Å². The van der Waals surface area contributed by atoms with Crippen LogP contribution in [0.3, 0.4) is 0 Å². The molecular weight excluding hydrogens is 254 g/mol. The lowest BCUT2D eigenvalue weighted by Crippen LogP contribution is -2.25. The first-order chi connectivity index (χ1) is 10.3. The van der Waals surface area contributed by atoms with Gasteiger partial charge in [0.25, 0.3) is 0 Å². The molecule has 2 aromatic rings. The summed E-state index contributed by atoms with van der Waals surface area (Å²) in [6.45, 7) is 4.49. The fourth-order valence-corrected chi connectivity index (χ4v) is 3.56. The Morgan fingerprint density at radius 2 is 1.76 bits per heavy atom. The van der Waals surface area contributed by atoms with Crippen molar-refractivity contribution < 1.29 is 0 Å². The van der Waals surface area contributed by atoms with Crippen molar-refractivity contribution in [3.05, 3.63) is 70.8 Å². The molecule has 0 amide bonds. The summed E-state index contributed by atoms with van der Waals surface area (Å²) in [4.78, 5) is 0.